The molecule has 1 aromatic carbocycles. The van der Waals surface area contributed by atoms with Crippen molar-refractivity contribution in [1.82, 2.24) is 4.98 Å². The maximum absolute atomic E-state index is 13.1. The summed E-state index contributed by atoms with van der Waals surface area (Å²) in [6.07, 6.45) is 2.30. The van der Waals surface area contributed by atoms with Crippen LogP contribution in [0.2, 0.25) is 0 Å². The molecule has 8 heteroatoms. The number of hydrogen-bond acceptors (Lipinski definition) is 6. The summed E-state index contributed by atoms with van der Waals surface area (Å²) in [4.78, 5) is 19.3. The highest BCUT2D eigenvalue weighted by Crippen LogP contribution is 2.32. The molecule has 2 aliphatic heterocycles. The van der Waals surface area contributed by atoms with Gasteiger partial charge in [-0.2, -0.15) is 0 Å². The number of rotatable bonds is 4. The number of carbonyl (C=O) groups is 1. The molecule has 25 heavy (non-hydrogen) atoms. The molecule has 1 aromatic heterocycles. The molecule has 134 valence electrons. The lowest BCUT2D eigenvalue weighted by molar-refractivity contribution is -0.122. The van der Waals surface area contributed by atoms with Crippen molar-refractivity contribution in [2.45, 2.75) is 25.4 Å². The number of ether oxygens (including phenoxy) is 1. The van der Waals surface area contributed by atoms with Crippen molar-refractivity contribution < 1.29 is 17.9 Å². The first kappa shape index (κ1) is 16.9. The highest BCUT2D eigenvalue weighted by Gasteiger charge is 2.37. The molecule has 2 atom stereocenters. The third kappa shape index (κ3) is 3.56. The number of hydrogen-bond donors (Lipinski definition) is 0. The van der Waals surface area contributed by atoms with E-state index in [1.165, 1.54) is 11.3 Å². The van der Waals surface area contributed by atoms with Crippen LogP contribution >= 0.6 is 11.3 Å². The maximum atomic E-state index is 13.1. The van der Waals surface area contributed by atoms with Gasteiger partial charge in [-0.25, -0.2) is 13.4 Å². The summed E-state index contributed by atoms with van der Waals surface area (Å²) in [5.74, 6) is -0.579. The summed E-state index contributed by atoms with van der Waals surface area (Å²) in [7, 11) is -3.10. The second-order valence-electron chi connectivity index (χ2n) is 6.65. The molecule has 6 nitrogen and oxygen atoms in total. The van der Waals surface area contributed by atoms with Crippen LogP contribution in [0.1, 0.15) is 19.3 Å². The van der Waals surface area contributed by atoms with Crippen LogP contribution < -0.4 is 4.90 Å². The summed E-state index contributed by atoms with van der Waals surface area (Å²) in [5, 5.41) is 0.631. The number of nitrogens with zero attached hydrogens (tertiary/aromatic N) is 2. The van der Waals surface area contributed by atoms with E-state index >= 15 is 0 Å². The standard InChI is InChI=1S/C17H20N2O4S2/c20-16(12-7-9-25(21,22)11-12)19(10-13-4-3-8-23-13)17-18-14-5-1-2-6-15(14)24-17/h1-2,5-6,12-13H,3-4,7-11H2. The number of carbonyl (C=O) groups excluding carboxylic acids is 1. The van der Waals surface area contributed by atoms with Crippen LogP contribution in [0.25, 0.3) is 10.2 Å². The van der Waals surface area contributed by atoms with Gasteiger partial charge in [-0.1, -0.05) is 23.5 Å². The van der Waals surface area contributed by atoms with Crippen LogP contribution in [0, 0.1) is 5.92 Å². The number of thiazole rings is 1. The van der Waals surface area contributed by atoms with Gasteiger partial charge in [-0.05, 0) is 31.4 Å². The van der Waals surface area contributed by atoms with Gasteiger partial charge in [-0.3, -0.25) is 9.69 Å². The summed E-state index contributed by atoms with van der Waals surface area (Å²) >= 11 is 1.46. The van der Waals surface area contributed by atoms with Gasteiger partial charge in [0.25, 0.3) is 0 Å². The Morgan fingerprint density at radius 3 is 2.84 bits per heavy atom. The Kier molecular flexibility index (Phi) is 4.51. The van der Waals surface area contributed by atoms with Crippen LogP contribution in [0.15, 0.2) is 24.3 Å². The number of sulfone groups is 1. The first-order valence-corrected chi connectivity index (χ1v) is 11.1. The minimum Gasteiger partial charge on any atom is -0.376 e. The molecule has 2 saturated heterocycles. The number of amides is 1. The monoisotopic (exact) mass is 380 g/mol. The molecule has 2 aliphatic rings. The smallest absolute Gasteiger partial charge is 0.233 e. The largest absolute Gasteiger partial charge is 0.376 e. The van der Waals surface area contributed by atoms with Crippen LogP contribution in [-0.2, 0) is 19.4 Å². The van der Waals surface area contributed by atoms with Crippen molar-refractivity contribution in [3.63, 3.8) is 0 Å². The van der Waals surface area contributed by atoms with Crippen molar-refractivity contribution in [2.24, 2.45) is 5.92 Å². The van der Waals surface area contributed by atoms with Gasteiger partial charge in [0.2, 0.25) is 5.91 Å². The summed E-state index contributed by atoms with van der Waals surface area (Å²) in [6, 6.07) is 7.76. The summed E-state index contributed by atoms with van der Waals surface area (Å²) in [6.45, 7) is 1.15. The summed E-state index contributed by atoms with van der Waals surface area (Å²) in [5.41, 5.74) is 0.853. The molecule has 4 rings (SSSR count). The van der Waals surface area contributed by atoms with Crippen molar-refractivity contribution in [1.29, 1.82) is 0 Å². The molecule has 0 N–H and O–H groups in total. The highest BCUT2D eigenvalue weighted by molar-refractivity contribution is 7.91. The van der Waals surface area contributed by atoms with Crippen molar-refractivity contribution in [2.75, 3.05) is 29.6 Å². The Morgan fingerprint density at radius 1 is 1.32 bits per heavy atom. The molecule has 0 bridgehead atoms. The Hall–Kier alpha value is -1.51. The maximum Gasteiger partial charge on any atom is 0.233 e. The third-order valence-electron chi connectivity index (χ3n) is 4.77. The fourth-order valence-corrected chi connectivity index (χ4v) is 6.15. The topological polar surface area (TPSA) is 76.6 Å². The van der Waals surface area contributed by atoms with Crippen molar-refractivity contribution in [3.8, 4) is 0 Å². The van der Waals surface area contributed by atoms with Crippen LogP contribution in [0.3, 0.4) is 0 Å². The Labute approximate surface area is 150 Å². The predicted octanol–water partition coefficient (Wildman–Crippen LogP) is 2.24. The molecule has 0 saturated carbocycles. The number of aromatic nitrogens is 1. The van der Waals surface area contributed by atoms with Gasteiger partial charge in [0.15, 0.2) is 15.0 Å². The van der Waals surface area contributed by atoms with E-state index in [-0.39, 0.29) is 23.5 Å². The minimum absolute atomic E-state index is 0.00558. The van der Waals surface area contributed by atoms with Crippen molar-refractivity contribution >= 4 is 42.4 Å². The van der Waals surface area contributed by atoms with Gasteiger partial charge in [0.05, 0.1) is 40.3 Å². The zero-order valence-electron chi connectivity index (χ0n) is 13.8. The first-order valence-electron chi connectivity index (χ1n) is 8.51. The number of para-hydroxylation sites is 1. The van der Waals surface area contributed by atoms with Crippen LogP contribution in [-0.4, -0.2) is 50.1 Å². The Bertz CT molecular complexity index is 854. The van der Waals surface area contributed by atoms with E-state index in [0.29, 0.717) is 24.7 Å². The molecule has 2 unspecified atom stereocenters. The average molecular weight is 380 g/mol. The second kappa shape index (κ2) is 6.66. The van der Waals surface area contributed by atoms with Gasteiger partial charge < -0.3 is 4.74 Å². The van der Waals surface area contributed by atoms with E-state index < -0.39 is 15.8 Å². The lowest BCUT2D eigenvalue weighted by atomic mass is 10.1. The minimum atomic E-state index is -3.10. The fourth-order valence-electron chi connectivity index (χ4n) is 3.44. The Balaban J connectivity index is 1.64. The van der Waals surface area contributed by atoms with Crippen LogP contribution in [0.5, 0.6) is 0 Å². The number of benzene rings is 1. The zero-order chi connectivity index (χ0) is 17.4. The number of fused-ring (bicyclic) bond motifs is 1. The van der Waals surface area contributed by atoms with E-state index in [9.17, 15) is 13.2 Å². The molecule has 2 fully saturated rings. The molecule has 1 amide bonds. The highest BCUT2D eigenvalue weighted by atomic mass is 32.2. The number of anilines is 1. The lowest BCUT2D eigenvalue weighted by Gasteiger charge is -2.25. The van der Waals surface area contributed by atoms with E-state index in [4.69, 9.17) is 4.74 Å². The molecule has 0 aliphatic carbocycles. The zero-order valence-corrected chi connectivity index (χ0v) is 15.4. The molecule has 0 radical (unpaired) electrons. The molecular weight excluding hydrogens is 360 g/mol. The molecule has 2 aromatic rings. The molecule has 3 heterocycles. The van der Waals surface area contributed by atoms with Crippen LogP contribution in [0.4, 0.5) is 5.13 Å². The summed E-state index contributed by atoms with van der Waals surface area (Å²) < 4.78 is 30.3. The van der Waals surface area contributed by atoms with E-state index in [1.807, 2.05) is 24.3 Å². The molecule has 0 spiro atoms. The average Bonchev–Trinajstić information content (AvgIpc) is 3.30. The quantitative estimate of drug-likeness (QED) is 0.813. The lowest BCUT2D eigenvalue weighted by Crippen LogP contribution is -2.41. The second-order valence-corrected chi connectivity index (χ2v) is 9.89. The van der Waals surface area contributed by atoms with Gasteiger partial charge in [0, 0.05) is 6.61 Å². The molecular formula is C17H20N2O4S2. The van der Waals surface area contributed by atoms with E-state index in [0.717, 1.165) is 23.1 Å². The van der Waals surface area contributed by atoms with E-state index in [1.54, 1.807) is 4.90 Å². The fraction of sp³-hybridized carbons (Fsp3) is 0.529. The SMILES string of the molecule is O=C(C1CCS(=O)(=O)C1)N(CC1CCCO1)c1nc2ccccc2s1. The van der Waals surface area contributed by atoms with E-state index in [2.05, 4.69) is 4.98 Å². The van der Waals surface area contributed by atoms with Gasteiger partial charge in [-0.15, -0.1) is 0 Å². The Morgan fingerprint density at radius 2 is 2.16 bits per heavy atom. The predicted molar refractivity (Wildman–Crippen MR) is 97.7 cm³/mol. The van der Waals surface area contributed by atoms with Gasteiger partial charge in [0.1, 0.15) is 0 Å². The third-order valence-corrected chi connectivity index (χ3v) is 7.60. The van der Waals surface area contributed by atoms with Gasteiger partial charge >= 0.3 is 0 Å². The normalized spacial score (nSPS) is 25.4. The van der Waals surface area contributed by atoms with Crippen molar-refractivity contribution in [3.05, 3.63) is 24.3 Å². The first-order chi connectivity index (χ1) is 12.0.